The van der Waals surface area contributed by atoms with Gasteiger partial charge in [0.15, 0.2) is 5.82 Å². The molecule has 128 valence electrons. The molecule has 2 aromatic heterocycles. The molecule has 2 aromatic carbocycles. The van der Waals surface area contributed by atoms with E-state index in [4.69, 9.17) is 14.7 Å². The first-order valence-corrected chi connectivity index (χ1v) is 9.60. The number of nitrogens with one attached hydrogen (secondary N) is 1. The van der Waals surface area contributed by atoms with Crippen LogP contribution in [0.2, 0.25) is 0 Å². The van der Waals surface area contributed by atoms with Gasteiger partial charge in [-0.3, -0.25) is 0 Å². The lowest BCUT2D eigenvalue weighted by Crippen LogP contribution is -2.21. The number of thiophene rings is 1. The van der Waals surface area contributed by atoms with Crippen molar-refractivity contribution in [3.63, 3.8) is 0 Å². The number of rotatable bonds is 3. The molecule has 1 aliphatic rings. The molecule has 0 saturated carbocycles. The molecule has 3 heterocycles. The number of nitrogens with zero attached hydrogens (tertiary/aromatic N) is 2. The predicted molar refractivity (Wildman–Crippen MR) is 106 cm³/mol. The Bertz CT molecular complexity index is 1060. The highest BCUT2D eigenvalue weighted by Gasteiger charge is 2.22. The molecule has 1 N–H and O–H groups in total. The van der Waals surface area contributed by atoms with Crippen LogP contribution in [0.15, 0.2) is 65.4 Å². The number of benzene rings is 2. The van der Waals surface area contributed by atoms with Crippen molar-refractivity contribution < 1.29 is 4.74 Å². The number of ether oxygens (including phenoxy) is 1. The van der Waals surface area contributed by atoms with E-state index in [0.717, 1.165) is 40.3 Å². The summed E-state index contributed by atoms with van der Waals surface area (Å²) >= 11 is 1.66. The predicted octanol–water partition coefficient (Wildman–Crippen LogP) is 5.29. The average molecular weight is 359 g/mol. The Kier molecular flexibility index (Phi) is 3.79. The van der Waals surface area contributed by atoms with Gasteiger partial charge >= 0.3 is 0 Å². The average Bonchev–Trinajstić information content (AvgIpc) is 3.23. The van der Waals surface area contributed by atoms with Gasteiger partial charge in [0.1, 0.15) is 11.6 Å². The Balaban J connectivity index is 1.61. The van der Waals surface area contributed by atoms with Crippen molar-refractivity contribution in [3.8, 4) is 17.1 Å². The molecule has 1 atom stereocenters. The zero-order chi connectivity index (χ0) is 17.3. The van der Waals surface area contributed by atoms with Gasteiger partial charge in [0.2, 0.25) is 0 Å². The molecule has 0 aliphatic carbocycles. The van der Waals surface area contributed by atoms with E-state index in [-0.39, 0.29) is 6.04 Å². The zero-order valence-corrected chi connectivity index (χ0v) is 14.9. The minimum Gasteiger partial charge on any atom is -0.493 e. The quantitative estimate of drug-likeness (QED) is 0.540. The Morgan fingerprint density at radius 1 is 1.00 bits per heavy atom. The van der Waals surface area contributed by atoms with Crippen molar-refractivity contribution in [1.82, 2.24) is 9.97 Å². The molecule has 0 bridgehead atoms. The van der Waals surface area contributed by atoms with Crippen LogP contribution >= 0.6 is 11.3 Å². The lowest BCUT2D eigenvalue weighted by molar-refractivity contribution is 0.274. The lowest BCUT2D eigenvalue weighted by Gasteiger charge is -2.27. The monoisotopic (exact) mass is 359 g/mol. The van der Waals surface area contributed by atoms with Gasteiger partial charge in [-0.15, -0.1) is 0 Å². The van der Waals surface area contributed by atoms with Crippen molar-refractivity contribution in [2.24, 2.45) is 0 Å². The first kappa shape index (κ1) is 15.3. The maximum atomic E-state index is 5.79. The van der Waals surface area contributed by atoms with Crippen LogP contribution in [-0.4, -0.2) is 16.6 Å². The van der Waals surface area contributed by atoms with Crippen LogP contribution in [0.1, 0.15) is 18.0 Å². The summed E-state index contributed by atoms with van der Waals surface area (Å²) < 4.78 is 5.79. The second kappa shape index (κ2) is 6.42. The topological polar surface area (TPSA) is 47.0 Å². The molecule has 4 aromatic rings. The summed E-state index contributed by atoms with van der Waals surface area (Å²) in [5.74, 6) is 2.58. The molecule has 5 heteroatoms. The van der Waals surface area contributed by atoms with E-state index in [1.54, 1.807) is 11.3 Å². The summed E-state index contributed by atoms with van der Waals surface area (Å²) in [6.45, 7) is 0.703. The van der Waals surface area contributed by atoms with Crippen LogP contribution in [0.25, 0.3) is 22.3 Å². The van der Waals surface area contributed by atoms with Gasteiger partial charge in [0.05, 0.1) is 18.2 Å². The van der Waals surface area contributed by atoms with Crippen molar-refractivity contribution in [2.75, 3.05) is 11.9 Å². The van der Waals surface area contributed by atoms with Crippen LogP contribution in [0.4, 0.5) is 5.82 Å². The third-order valence-electron chi connectivity index (χ3n) is 4.65. The second-order valence-electron chi connectivity index (χ2n) is 6.30. The molecular formula is C21H17N3OS. The van der Waals surface area contributed by atoms with Crippen molar-refractivity contribution in [3.05, 3.63) is 70.9 Å². The van der Waals surface area contributed by atoms with E-state index in [2.05, 4.69) is 40.3 Å². The molecule has 4 nitrogen and oxygen atoms in total. The van der Waals surface area contributed by atoms with Gasteiger partial charge < -0.3 is 10.1 Å². The zero-order valence-electron chi connectivity index (χ0n) is 14.1. The Morgan fingerprint density at radius 2 is 1.88 bits per heavy atom. The van der Waals surface area contributed by atoms with Gasteiger partial charge in [0.25, 0.3) is 0 Å². The molecule has 26 heavy (non-hydrogen) atoms. The molecule has 0 spiro atoms. The summed E-state index contributed by atoms with van der Waals surface area (Å²) in [5.41, 5.74) is 3.18. The summed E-state index contributed by atoms with van der Waals surface area (Å²) in [6, 6.07) is 18.6. The fraction of sp³-hybridized carbons (Fsp3) is 0.143. The SMILES string of the molecule is c1ccc2c(c1)OCC[C@H]2Nc1nc(-c2ccsc2)nc2ccccc12. The molecule has 0 fully saturated rings. The third kappa shape index (κ3) is 2.70. The highest BCUT2D eigenvalue weighted by atomic mass is 32.1. The third-order valence-corrected chi connectivity index (χ3v) is 5.34. The van der Waals surface area contributed by atoms with Crippen molar-refractivity contribution >= 4 is 28.1 Å². The fourth-order valence-corrected chi connectivity index (χ4v) is 4.00. The summed E-state index contributed by atoms with van der Waals surface area (Å²) in [5, 5.41) is 8.82. The fourth-order valence-electron chi connectivity index (χ4n) is 3.36. The minimum atomic E-state index is 0.175. The highest BCUT2D eigenvalue weighted by molar-refractivity contribution is 7.08. The molecule has 0 radical (unpaired) electrons. The first-order chi connectivity index (χ1) is 12.9. The van der Waals surface area contributed by atoms with E-state index in [1.165, 1.54) is 5.56 Å². The first-order valence-electron chi connectivity index (χ1n) is 8.66. The Labute approximate surface area is 155 Å². The van der Waals surface area contributed by atoms with E-state index in [1.807, 2.05) is 30.3 Å². The van der Waals surface area contributed by atoms with Gasteiger partial charge in [-0.1, -0.05) is 30.3 Å². The number of aromatic nitrogens is 2. The largest absolute Gasteiger partial charge is 0.493 e. The molecular weight excluding hydrogens is 342 g/mol. The van der Waals surface area contributed by atoms with Gasteiger partial charge in [0, 0.05) is 28.3 Å². The molecule has 0 amide bonds. The van der Waals surface area contributed by atoms with Crippen molar-refractivity contribution in [1.29, 1.82) is 0 Å². The summed E-state index contributed by atoms with van der Waals surface area (Å²) in [4.78, 5) is 9.60. The molecule has 0 saturated heterocycles. The number of anilines is 1. The molecule has 1 aliphatic heterocycles. The van der Waals surface area contributed by atoms with E-state index >= 15 is 0 Å². The van der Waals surface area contributed by atoms with Gasteiger partial charge in [-0.2, -0.15) is 11.3 Å². The van der Waals surface area contributed by atoms with E-state index < -0.39 is 0 Å². The number of fused-ring (bicyclic) bond motifs is 2. The van der Waals surface area contributed by atoms with Crippen LogP contribution in [0, 0.1) is 0 Å². The highest BCUT2D eigenvalue weighted by Crippen LogP contribution is 2.35. The maximum Gasteiger partial charge on any atom is 0.162 e. The number of para-hydroxylation sites is 2. The standard InChI is InChI=1S/C21H17N3OS/c1-3-7-17-16(6-1)21(24-20(22-17)14-10-12-26-13-14)23-18-9-11-25-19-8-4-2-5-15(18)19/h1-8,10,12-13,18H,9,11H2,(H,22,23,24)/t18-/m1/s1. The van der Waals surface area contributed by atoms with Crippen LogP contribution < -0.4 is 10.1 Å². The molecule has 0 unspecified atom stereocenters. The summed E-state index contributed by atoms with van der Waals surface area (Å²) in [6.07, 6.45) is 0.906. The van der Waals surface area contributed by atoms with Crippen LogP contribution in [0.3, 0.4) is 0 Å². The summed E-state index contributed by atoms with van der Waals surface area (Å²) in [7, 11) is 0. The lowest BCUT2D eigenvalue weighted by atomic mass is 10.0. The second-order valence-corrected chi connectivity index (χ2v) is 7.08. The maximum absolute atomic E-state index is 5.79. The number of hydrogen-bond donors (Lipinski definition) is 1. The number of hydrogen-bond acceptors (Lipinski definition) is 5. The van der Waals surface area contributed by atoms with Crippen LogP contribution in [0.5, 0.6) is 5.75 Å². The van der Waals surface area contributed by atoms with Gasteiger partial charge in [-0.25, -0.2) is 9.97 Å². The van der Waals surface area contributed by atoms with Crippen molar-refractivity contribution in [2.45, 2.75) is 12.5 Å². The minimum absolute atomic E-state index is 0.175. The van der Waals surface area contributed by atoms with E-state index in [9.17, 15) is 0 Å². The van der Waals surface area contributed by atoms with Crippen LogP contribution in [-0.2, 0) is 0 Å². The van der Waals surface area contributed by atoms with Gasteiger partial charge in [-0.05, 0) is 29.6 Å². The van der Waals surface area contributed by atoms with E-state index in [0.29, 0.717) is 6.61 Å². The smallest absolute Gasteiger partial charge is 0.162 e. The Hall–Kier alpha value is -2.92. The normalized spacial score (nSPS) is 16.1. The Morgan fingerprint density at radius 3 is 2.81 bits per heavy atom. The molecule has 5 rings (SSSR count).